The van der Waals surface area contributed by atoms with Crippen LogP contribution in [0.15, 0.2) is 24.5 Å². The van der Waals surface area contributed by atoms with Crippen LogP contribution in [0.4, 0.5) is 5.82 Å². The van der Waals surface area contributed by atoms with Gasteiger partial charge in [-0.3, -0.25) is 0 Å². The number of rotatable bonds is 4. The van der Waals surface area contributed by atoms with E-state index in [0.717, 1.165) is 24.8 Å². The predicted molar refractivity (Wildman–Crippen MR) is 81.2 cm³/mol. The Balaban J connectivity index is 0.00000161. The molecule has 0 radical (unpaired) electrons. The third-order valence-corrected chi connectivity index (χ3v) is 3.40. The second-order valence-corrected chi connectivity index (χ2v) is 4.78. The number of aromatic nitrogens is 2. The molecule has 1 aliphatic rings. The number of hydrogen-bond acceptors (Lipinski definition) is 5. The van der Waals surface area contributed by atoms with Crippen LogP contribution in [0, 0.1) is 0 Å². The van der Waals surface area contributed by atoms with E-state index >= 15 is 0 Å². The van der Waals surface area contributed by atoms with Crippen LogP contribution in [0.1, 0.15) is 23.2 Å². The molecule has 1 fully saturated rings. The number of fused-ring (bicyclic) bond motifs is 1. The first-order valence-electron chi connectivity index (χ1n) is 6.57. The summed E-state index contributed by atoms with van der Waals surface area (Å²) in [6.07, 6.45) is 3.81. The van der Waals surface area contributed by atoms with Crippen LogP contribution in [0.25, 0.3) is 10.9 Å². The number of halogens is 1. The Morgan fingerprint density at radius 1 is 1.43 bits per heavy atom. The molecule has 2 aromatic rings. The fraction of sp³-hybridized carbons (Fsp3) is 0.357. The van der Waals surface area contributed by atoms with Crippen molar-refractivity contribution in [2.24, 2.45) is 0 Å². The van der Waals surface area contributed by atoms with Gasteiger partial charge in [-0.05, 0) is 31.0 Å². The third kappa shape index (κ3) is 3.40. The molecule has 1 saturated heterocycles. The molecule has 112 valence electrons. The maximum atomic E-state index is 11.0. The SMILES string of the molecule is Cl.O=C(O)c1ccc2c(NCC3CCCO3)ncnc2c1. The molecule has 21 heavy (non-hydrogen) atoms. The molecule has 0 aliphatic carbocycles. The largest absolute Gasteiger partial charge is 0.478 e. The molecule has 3 rings (SSSR count). The van der Waals surface area contributed by atoms with Gasteiger partial charge in [0.05, 0.1) is 17.2 Å². The van der Waals surface area contributed by atoms with E-state index in [0.29, 0.717) is 17.9 Å². The molecular weight excluding hydrogens is 294 g/mol. The zero-order valence-electron chi connectivity index (χ0n) is 11.3. The number of aromatic carboxylic acids is 1. The number of carbonyl (C=O) groups is 1. The lowest BCUT2D eigenvalue weighted by atomic mass is 10.1. The highest BCUT2D eigenvalue weighted by atomic mass is 35.5. The van der Waals surface area contributed by atoms with E-state index in [9.17, 15) is 4.79 Å². The predicted octanol–water partition coefficient (Wildman–Crippen LogP) is 2.34. The first kappa shape index (κ1) is 15.5. The minimum Gasteiger partial charge on any atom is -0.478 e. The van der Waals surface area contributed by atoms with Crippen molar-refractivity contribution in [3.8, 4) is 0 Å². The zero-order valence-corrected chi connectivity index (χ0v) is 12.1. The summed E-state index contributed by atoms with van der Waals surface area (Å²) in [6.45, 7) is 1.52. The zero-order chi connectivity index (χ0) is 13.9. The Morgan fingerprint density at radius 2 is 2.29 bits per heavy atom. The number of nitrogens with zero attached hydrogens (tertiary/aromatic N) is 2. The van der Waals surface area contributed by atoms with Gasteiger partial charge in [-0.1, -0.05) is 0 Å². The van der Waals surface area contributed by atoms with Crippen molar-refractivity contribution in [3.63, 3.8) is 0 Å². The quantitative estimate of drug-likeness (QED) is 0.902. The molecule has 1 atom stereocenters. The molecule has 1 aliphatic heterocycles. The Labute approximate surface area is 128 Å². The van der Waals surface area contributed by atoms with Crippen molar-refractivity contribution in [1.29, 1.82) is 0 Å². The lowest BCUT2D eigenvalue weighted by Crippen LogP contribution is -2.19. The Bertz CT molecular complexity index is 644. The van der Waals surface area contributed by atoms with Crippen LogP contribution >= 0.6 is 12.4 Å². The molecule has 0 bridgehead atoms. The number of carboxylic acid groups (broad SMARTS) is 1. The summed E-state index contributed by atoms with van der Waals surface area (Å²) in [5.74, 6) is -0.248. The van der Waals surface area contributed by atoms with Gasteiger partial charge in [0, 0.05) is 18.5 Å². The summed E-state index contributed by atoms with van der Waals surface area (Å²) in [5.41, 5.74) is 0.844. The van der Waals surface area contributed by atoms with Gasteiger partial charge >= 0.3 is 5.97 Å². The molecule has 1 aromatic carbocycles. The standard InChI is InChI=1S/C14H15N3O3.ClH/c18-14(19)9-3-4-11-12(6-9)16-8-17-13(11)15-7-10-2-1-5-20-10;/h3-4,6,8,10H,1-2,5,7H2,(H,18,19)(H,15,16,17);1H. The molecule has 2 heterocycles. The topological polar surface area (TPSA) is 84.3 Å². The molecule has 0 spiro atoms. The van der Waals surface area contributed by atoms with Crippen LogP contribution in [0.3, 0.4) is 0 Å². The first-order chi connectivity index (χ1) is 9.74. The highest BCUT2D eigenvalue weighted by Crippen LogP contribution is 2.21. The lowest BCUT2D eigenvalue weighted by Gasteiger charge is -2.12. The Hall–Kier alpha value is -1.92. The van der Waals surface area contributed by atoms with Crippen molar-refractivity contribution >= 4 is 35.1 Å². The van der Waals surface area contributed by atoms with E-state index in [1.54, 1.807) is 18.2 Å². The maximum Gasteiger partial charge on any atom is 0.335 e. The Kier molecular flexibility index (Phi) is 4.93. The highest BCUT2D eigenvalue weighted by Gasteiger charge is 2.16. The van der Waals surface area contributed by atoms with Crippen LogP contribution in [-0.4, -0.2) is 40.3 Å². The van der Waals surface area contributed by atoms with Crippen molar-refractivity contribution in [2.45, 2.75) is 18.9 Å². The van der Waals surface area contributed by atoms with Crippen LogP contribution < -0.4 is 5.32 Å². The smallest absolute Gasteiger partial charge is 0.335 e. The summed E-state index contributed by atoms with van der Waals surface area (Å²) in [5, 5.41) is 13.1. The molecule has 1 unspecified atom stereocenters. The lowest BCUT2D eigenvalue weighted by molar-refractivity contribution is 0.0697. The minimum absolute atomic E-state index is 0. The van der Waals surface area contributed by atoms with Gasteiger partial charge in [0.1, 0.15) is 12.1 Å². The number of carboxylic acids is 1. The van der Waals surface area contributed by atoms with Crippen molar-refractivity contribution < 1.29 is 14.6 Å². The van der Waals surface area contributed by atoms with Gasteiger partial charge < -0.3 is 15.2 Å². The fourth-order valence-electron chi connectivity index (χ4n) is 2.35. The van der Waals surface area contributed by atoms with Crippen molar-refractivity contribution in [3.05, 3.63) is 30.1 Å². The van der Waals surface area contributed by atoms with Gasteiger partial charge in [0.15, 0.2) is 0 Å². The molecule has 1 aromatic heterocycles. The van der Waals surface area contributed by atoms with Crippen molar-refractivity contribution in [2.75, 3.05) is 18.5 Å². The Morgan fingerprint density at radius 3 is 3.00 bits per heavy atom. The van der Waals surface area contributed by atoms with E-state index < -0.39 is 5.97 Å². The molecule has 0 amide bonds. The van der Waals surface area contributed by atoms with Crippen LogP contribution in [-0.2, 0) is 4.74 Å². The summed E-state index contributed by atoms with van der Waals surface area (Å²) < 4.78 is 5.55. The minimum atomic E-state index is -0.959. The van der Waals surface area contributed by atoms with Gasteiger partial charge in [0.2, 0.25) is 0 Å². The van der Waals surface area contributed by atoms with E-state index in [-0.39, 0.29) is 24.1 Å². The average Bonchev–Trinajstić information content (AvgIpc) is 2.97. The van der Waals surface area contributed by atoms with E-state index in [4.69, 9.17) is 9.84 Å². The summed E-state index contributed by atoms with van der Waals surface area (Å²) in [6, 6.07) is 4.85. The summed E-state index contributed by atoms with van der Waals surface area (Å²) in [4.78, 5) is 19.3. The first-order valence-corrected chi connectivity index (χ1v) is 6.57. The fourth-order valence-corrected chi connectivity index (χ4v) is 2.35. The molecule has 0 saturated carbocycles. The molecular formula is C14H16ClN3O3. The van der Waals surface area contributed by atoms with E-state index in [2.05, 4.69) is 15.3 Å². The normalized spacial score (nSPS) is 17.4. The highest BCUT2D eigenvalue weighted by molar-refractivity contribution is 5.96. The van der Waals surface area contributed by atoms with Gasteiger partial charge in [-0.2, -0.15) is 0 Å². The molecule has 6 nitrogen and oxygen atoms in total. The number of nitrogens with one attached hydrogen (secondary N) is 1. The third-order valence-electron chi connectivity index (χ3n) is 3.40. The monoisotopic (exact) mass is 309 g/mol. The van der Waals surface area contributed by atoms with Crippen LogP contribution in [0.5, 0.6) is 0 Å². The van der Waals surface area contributed by atoms with Crippen LogP contribution in [0.2, 0.25) is 0 Å². The molecule has 7 heteroatoms. The molecule has 2 N–H and O–H groups in total. The number of anilines is 1. The number of hydrogen-bond donors (Lipinski definition) is 2. The second kappa shape index (κ2) is 6.69. The van der Waals surface area contributed by atoms with E-state index in [1.165, 1.54) is 6.33 Å². The number of benzene rings is 1. The summed E-state index contributed by atoms with van der Waals surface area (Å²) in [7, 11) is 0. The van der Waals surface area contributed by atoms with Gasteiger partial charge in [-0.15, -0.1) is 12.4 Å². The number of ether oxygens (including phenoxy) is 1. The maximum absolute atomic E-state index is 11.0. The van der Waals surface area contributed by atoms with Gasteiger partial charge in [-0.25, -0.2) is 14.8 Å². The van der Waals surface area contributed by atoms with Gasteiger partial charge in [0.25, 0.3) is 0 Å². The van der Waals surface area contributed by atoms with E-state index in [1.807, 2.05) is 0 Å². The summed E-state index contributed by atoms with van der Waals surface area (Å²) >= 11 is 0. The van der Waals surface area contributed by atoms with Crippen molar-refractivity contribution in [1.82, 2.24) is 9.97 Å². The average molecular weight is 310 g/mol. The second-order valence-electron chi connectivity index (χ2n) is 4.78.